The molecule has 0 radical (unpaired) electrons. The molecule has 0 bridgehead atoms. The lowest BCUT2D eigenvalue weighted by Gasteiger charge is -2.21. The summed E-state index contributed by atoms with van der Waals surface area (Å²) in [5.74, 6) is 0.874. The molecule has 4 nitrogen and oxygen atoms in total. The highest BCUT2D eigenvalue weighted by atomic mass is 16.5. The second-order valence-corrected chi connectivity index (χ2v) is 6.62. The van der Waals surface area contributed by atoms with E-state index in [1.165, 1.54) is 5.56 Å². The van der Waals surface area contributed by atoms with Crippen molar-refractivity contribution in [3.8, 4) is 5.75 Å². The second kappa shape index (κ2) is 7.46. The third-order valence-electron chi connectivity index (χ3n) is 3.41. The highest BCUT2D eigenvalue weighted by Gasteiger charge is 2.17. The molecule has 0 fully saturated rings. The summed E-state index contributed by atoms with van der Waals surface area (Å²) in [5, 5.41) is 2.85. The molecule has 2 atom stereocenters. The van der Waals surface area contributed by atoms with Crippen LogP contribution in [0.15, 0.2) is 24.3 Å². The van der Waals surface area contributed by atoms with Crippen LogP contribution in [0, 0.1) is 5.92 Å². The van der Waals surface area contributed by atoms with Gasteiger partial charge in [-0.15, -0.1) is 0 Å². The first-order chi connectivity index (χ1) is 9.74. The summed E-state index contributed by atoms with van der Waals surface area (Å²) < 4.78 is 5.73. The van der Waals surface area contributed by atoms with Crippen molar-refractivity contribution >= 4 is 5.91 Å². The van der Waals surface area contributed by atoms with E-state index in [4.69, 9.17) is 10.5 Å². The predicted octanol–water partition coefficient (Wildman–Crippen LogP) is 2.46. The topological polar surface area (TPSA) is 64.3 Å². The first-order valence-corrected chi connectivity index (χ1v) is 7.49. The lowest BCUT2D eigenvalue weighted by molar-refractivity contribution is -0.127. The number of amides is 1. The third kappa shape index (κ3) is 5.76. The van der Waals surface area contributed by atoms with Gasteiger partial charge in [-0.2, -0.15) is 0 Å². The molecule has 1 aromatic rings. The van der Waals surface area contributed by atoms with Crippen molar-refractivity contribution in [2.24, 2.45) is 11.7 Å². The van der Waals surface area contributed by atoms with Gasteiger partial charge in [-0.1, -0.05) is 39.8 Å². The number of nitrogens with one attached hydrogen (secondary N) is 1. The van der Waals surface area contributed by atoms with E-state index >= 15 is 0 Å². The maximum absolute atomic E-state index is 12.0. The van der Waals surface area contributed by atoms with Crippen LogP contribution in [0.5, 0.6) is 5.75 Å². The summed E-state index contributed by atoms with van der Waals surface area (Å²) in [6.45, 7) is 11.3. The first-order valence-electron chi connectivity index (χ1n) is 7.49. The van der Waals surface area contributed by atoms with Gasteiger partial charge in [-0.05, 0) is 42.5 Å². The van der Waals surface area contributed by atoms with Crippen molar-refractivity contribution in [1.82, 2.24) is 5.32 Å². The number of ether oxygens (including phenoxy) is 1. The normalized spacial score (nSPS) is 14.4. The zero-order valence-corrected chi connectivity index (χ0v) is 13.8. The fourth-order valence-corrected chi connectivity index (χ4v) is 1.80. The van der Waals surface area contributed by atoms with Gasteiger partial charge >= 0.3 is 0 Å². The largest absolute Gasteiger partial charge is 0.481 e. The quantitative estimate of drug-likeness (QED) is 0.846. The second-order valence-electron chi connectivity index (χ2n) is 6.62. The molecule has 0 saturated heterocycles. The van der Waals surface area contributed by atoms with Gasteiger partial charge in [0.1, 0.15) is 5.75 Å². The molecule has 3 N–H and O–H groups in total. The number of rotatable bonds is 6. The van der Waals surface area contributed by atoms with E-state index in [1.54, 1.807) is 6.92 Å². The van der Waals surface area contributed by atoms with E-state index in [9.17, 15) is 4.79 Å². The molecule has 1 amide bonds. The zero-order valence-electron chi connectivity index (χ0n) is 13.8. The smallest absolute Gasteiger partial charge is 0.260 e. The van der Waals surface area contributed by atoms with Crippen molar-refractivity contribution in [1.29, 1.82) is 0 Å². The molecular weight excluding hydrogens is 264 g/mol. The number of carbonyl (C=O) groups excluding carboxylic acids is 1. The highest BCUT2D eigenvalue weighted by molar-refractivity contribution is 5.80. The summed E-state index contributed by atoms with van der Waals surface area (Å²) in [4.78, 5) is 12.0. The van der Waals surface area contributed by atoms with E-state index in [2.05, 4.69) is 32.2 Å². The standard InChI is InChI=1S/C17H28N2O2/c1-12(10-18)11-19-16(20)13(2)21-15-8-6-7-14(9-15)17(3,4)5/h6-9,12-13H,10-11,18H2,1-5H3,(H,19,20). The lowest BCUT2D eigenvalue weighted by atomic mass is 9.87. The molecule has 0 aliphatic rings. The van der Waals surface area contributed by atoms with Crippen molar-refractivity contribution < 1.29 is 9.53 Å². The summed E-state index contributed by atoms with van der Waals surface area (Å²) in [5.41, 5.74) is 6.77. The minimum Gasteiger partial charge on any atom is -0.481 e. The number of benzene rings is 1. The van der Waals surface area contributed by atoms with Gasteiger partial charge in [-0.25, -0.2) is 0 Å². The van der Waals surface area contributed by atoms with Crippen molar-refractivity contribution in [3.05, 3.63) is 29.8 Å². The molecule has 0 heterocycles. The molecule has 0 spiro atoms. The van der Waals surface area contributed by atoms with Gasteiger partial charge in [-0.3, -0.25) is 4.79 Å². The van der Waals surface area contributed by atoms with E-state index in [-0.39, 0.29) is 17.2 Å². The minimum absolute atomic E-state index is 0.0570. The zero-order chi connectivity index (χ0) is 16.0. The number of carbonyl (C=O) groups is 1. The Bertz CT molecular complexity index is 466. The Morgan fingerprint density at radius 3 is 2.57 bits per heavy atom. The van der Waals surface area contributed by atoms with Crippen LogP contribution < -0.4 is 15.8 Å². The number of hydrogen-bond donors (Lipinski definition) is 2. The van der Waals surface area contributed by atoms with Crippen LogP contribution in [0.1, 0.15) is 40.2 Å². The van der Waals surface area contributed by atoms with Gasteiger partial charge in [0, 0.05) is 6.54 Å². The molecular formula is C17H28N2O2. The fraction of sp³-hybridized carbons (Fsp3) is 0.588. The molecule has 0 aliphatic heterocycles. The van der Waals surface area contributed by atoms with Gasteiger partial charge in [0.25, 0.3) is 5.91 Å². The van der Waals surface area contributed by atoms with Crippen molar-refractivity contribution in [2.45, 2.75) is 46.1 Å². The van der Waals surface area contributed by atoms with Crippen LogP contribution >= 0.6 is 0 Å². The van der Waals surface area contributed by atoms with E-state index in [0.29, 0.717) is 13.1 Å². The molecule has 21 heavy (non-hydrogen) atoms. The Hall–Kier alpha value is -1.55. The van der Waals surface area contributed by atoms with Crippen LogP contribution in [0.4, 0.5) is 0 Å². The predicted molar refractivity (Wildman–Crippen MR) is 86.5 cm³/mol. The summed E-state index contributed by atoms with van der Waals surface area (Å²) >= 11 is 0. The van der Waals surface area contributed by atoms with E-state index in [1.807, 2.05) is 25.1 Å². The van der Waals surface area contributed by atoms with Crippen molar-refractivity contribution in [3.63, 3.8) is 0 Å². The van der Waals surface area contributed by atoms with Crippen LogP contribution in [0.3, 0.4) is 0 Å². The fourth-order valence-electron chi connectivity index (χ4n) is 1.80. The average molecular weight is 292 g/mol. The van der Waals surface area contributed by atoms with Crippen LogP contribution in [-0.4, -0.2) is 25.1 Å². The van der Waals surface area contributed by atoms with E-state index < -0.39 is 6.10 Å². The molecule has 0 saturated carbocycles. The Balaban J connectivity index is 2.62. The third-order valence-corrected chi connectivity index (χ3v) is 3.41. The minimum atomic E-state index is -0.523. The van der Waals surface area contributed by atoms with Crippen LogP contribution in [-0.2, 0) is 10.2 Å². The molecule has 118 valence electrons. The summed E-state index contributed by atoms with van der Waals surface area (Å²) in [6.07, 6.45) is -0.523. The molecule has 2 unspecified atom stereocenters. The molecule has 1 aromatic carbocycles. The van der Waals surface area contributed by atoms with Gasteiger partial charge in [0.15, 0.2) is 6.10 Å². The maximum atomic E-state index is 12.0. The Labute approximate surface area is 128 Å². The molecule has 1 rings (SSSR count). The molecule has 0 aromatic heterocycles. The molecule has 0 aliphatic carbocycles. The maximum Gasteiger partial charge on any atom is 0.260 e. The lowest BCUT2D eigenvalue weighted by Crippen LogP contribution is -2.39. The van der Waals surface area contributed by atoms with Gasteiger partial charge in [0.05, 0.1) is 0 Å². The van der Waals surface area contributed by atoms with Crippen molar-refractivity contribution in [2.75, 3.05) is 13.1 Å². The molecule has 4 heteroatoms. The Morgan fingerprint density at radius 1 is 1.33 bits per heavy atom. The first kappa shape index (κ1) is 17.5. The SMILES string of the molecule is CC(CN)CNC(=O)C(C)Oc1cccc(C(C)(C)C)c1. The Kier molecular flexibility index (Phi) is 6.21. The van der Waals surface area contributed by atoms with Gasteiger partial charge in [0.2, 0.25) is 0 Å². The van der Waals surface area contributed by atoms with Gasteiger partial charge < -0.3 is 15.8 Å². The summed E-state index contributed by atoms with van der Waals surface area (Å²) in [6, 6.07) is 7.89. The van der Waals surface area contributed by atoms with E-state index in [0.717, 1.165) is 5.75 Å². The van der Waals surface area contributed by atoms with Crippen LogP contribution in [0.25, 0.3) is 0 Å². The number of hydrogen-bond acceptors (Lipinski definition) is 3. The highest BCUT2D eigenvalue weighted by Crippen LogP contribution is 2.26. The van der Waals surface area contributed by atoms with Crippen LogP contribution in [0.2, 0.25) is 0 Å². The number of nitrogens with two attached hydrogens (primary N) is 1. The Morgan fingerprint density at radius 2 is 2.00 bits per heavy atom. The summed E-state index contributed by atoms with van der Waals surface area (Å²) in [7, 11) is 0. The average Bonchev–Trinajstić information content (AvgIpc) is 2.43. The monoisotopic (exact) mass is 292 g/mol.